The lowest BCUT2D eigenvalue weighted by molar-refractivity contribution is -0.132. The van der Waals surface area contributed by atoms with Crippen molar-refractivity contribution >= 4 is 0 Å². The van der Waals surface area contributed by atoms with E-state index in [-0.39, 0.29) is 5.60 Å². The first-order valence-electron chi connectivity index (χ1n) is 8.88. The summed E-state index contributed by atoms with van der Waals surface area (Å²) in [4.78, 5) is 0. The van der Waals surface area contributed by atoms with Crippen LogP contribution in [0.25, 0.3) is 0 Å². The molecule has 1 aliphatic heterocycles. The van der Waals surface area contributed by atoms with E-state index >= 15 is 0 Å². The van der Waals surface area contributed by atoms with Gasteiger partial charge in [-0.1, -0.05) is 51.1 Å². The van der Waals surface area contributed by atoms with Gasteiger partial charge in [0.05, 0.1) is 5.60 Å². The van der Waals surface area contributed by atoms with Gasteiger partial charge in [0.25, 0.3) is 0 Å². The van der Waals surface area contributed by atoms with Crippen LogP contribution in [0.2, 0.25) is 0 Å². The number of benzene rings is 1. The van der Waals surface area contributed by atoms with Gasteiger partial charge in [-0.2, -0.15) is 0 Å². The van der Waals surface area contributed by atoms with E-state index in [2.05, 4.69) is 63.3 Å². The molecule has 0 spiro atoms. The highest BCUT2D eigenvalue weighted by Crippen LogP contribution is 2.47. The number of nitrogens with one attached hydrogen (secondary N) is 1. The van der Waals surface area contributed by atoms with Gasteiger partial charge in [0.2, 0.25) is 0 Å². The van der Waals surface area contributed by atoms with E-state index in [9.17, 15) is 0 Å². The molecule has 2 atom stereocenters. The van der Waals surface area contributed by atoms with Gasteiger partial charge in [0.1, 0.15) is 0 Å². The molecule has 2 heteroatoms. The third-order valence-corrected chi connectivity index (χ3v) is 5.72. The SMILES string of the molecule is CC[C@]1(C)C[C@](CCNCc2ccccc2)(C(C)C)CCO1. The van der Waals surface area contributed by atoms with Crippen molar-refractivity contribution in [1.82, 2.24) is 5.32 Å². The molecule has 1 aromatic rings. The highest BCUT2D eigenvalue weighted by molar-refractivity contribution is 5.14. The monoisotopic (exact) mass is 303 g/mol. The molecule has 1 aliphatic rings. The van der Waals surface area contributed by atoms with Crippen LogP contribution >= 0.6 is 0 Å². The molecular weight excluding hydrogens is 270 g/mol. The zero-order valence-corrected chi connectivity index (χ0v) is 14.8. The van der Waals surface area contributed by atoms with Gasteiger partial charge in [-0.25, -0.2) is 0 Å². The van der Waals surface area contributed by atoms with E-state index in [4.69, 9.17) is 4.74 Å². The Bertz CT molecular complexity index is 444. The Morgan fingerprint density at radius 2 is 1.95 bits per heavy atom. The van der Waals surface area contributed by atoms with E-state index in [1.165, 1.54) is 24.8 Å². The molecule has 0 unspecified atom stereocenters. The van der Waals surface area contributed by atoms with Crippen LogP contribution in [0, 0.1) is 11.3 Å². The predicted octanol–water partition coefficient (Wildman–Crippen LogP) is 4.79. The Labute approximate surface area is 136 Å². The standard InChI is InChI=1S/C20H33NO/c1-5-19(4)16-20(17(2)3,12-14-22-19)11-13-21-15-18-9-7-6-8-10-18/h6-10,17,21H,5,11-16H2,1-4H3/t19-,20-/m1/s1. The first kappa shape index (κ1) is 17.5. The van der Waals surface area contributed by atoms with E-state index in [1.54, 1.807) is 0 Å². The minimum Gasteiger partial charge on any atom is -0.375 e. The Balaban J connectivity index is 1.89. The average molecular weight is 303 g/mol. The van der Waals surface area contributed by atoms with Crippen molar-refractivity contribution in [3.8, 4) is 0 Å². The van der Waals surface area contributed by atoms with Crippen LogP contribution in [0.3, 0.4) is 0 Å². The topological polar surface area (TPSA) is 21.3 Å². The van der Waals surface area contributed by atoms with Crippen LogP contribution in [-0.2, 0) is 11.3 Å². The molecule has 124 valence electrons. The van der Waals surface area contributed by atoms with Gasteiger partial charge >= 0.3 is 0 Å². The maximum Gasteiger partial charge on any atom is 0.0657 e. The van der Waals surface area contributed by atoms with Crippen molar-refractivity contribution < 1.29 is 4.74 Å². The molecule has 0 bridgehead atoms. The number of hydrogen-bond acceptors (Lipinski definition) is 2. The maximum absolute atomic E-state index is 6.08. The van der Waals surface area contributed by atoms with Crippen LogP contribution in [0.4, 0.5) is 0 Å². The summed E-state index contributed by atoms with van der Waals surface area (Å²) in [6.45, 7) is 12.3. The van der Waals surface area contributed by atoms with Crippen molar-refractivity contribution in [2.75, 3.05) is 13.2 Å². The summed E-state index contributed by atoms with van der Waals surface area (Å²) in [5.41, 5.74) is 1.86. The molecule has 0 radical (unpaired) electrons. The molecule has 0 aromatic heterocycles. The Hall–Kier alpha value is -0.860. The second kappa shape index (κ2) is 7.61. The minimum atomic E-state index is 0.0714. The molecule has 1 N–H and O–H groups in total. The molecule has 1 fully saturated rings. The van der Waals surface area contributed by atoms with Crippen LogP contribution in [0.15, 0.2) is 30.3 Å². The van der Waals surface area contributed by atoms with Gasteiger partial charge in [0.15, 0.2) is 0 Å². The summed E-state index contributed by atoms with van der Waals surface area (Å²) < 4.78 is 6.08. The Morgan fingerprint density at radius 3 is 2.59 bits per heavy atom. The molecule has 22 heavy (non-hydrogen) atoms. The smallest absolute Gasteiger partial charge is 0.0657 e. The van der Waals surface area contributed by atoms with Gasteiger partial charge in [0, 0.05) is 13.2 Å². The van der Waals surface area contributed by atoms with Crippen molar-refractivity contribution in [2.45, 2.75) is 65.5 Å². The molecule has 2 rings (SSSR count). The Kier molecular flexibility index (Phi) is 6.05. The molecule has 0 aliphatic carbocycles. The van der Waals surface area contributed by atoms with Crippen LogP contribution in [0.5, 0.6) is 0 Å². The Morgan fingerprint density at radius 1 is 1.23 bits per heavy atom. The van der Waals surface area contributed by atoms with E-state index in [0.29, 0.717) is 11.3 Å². The number of rotatable bonds is 7. The summed E-state index contributed by atoms with van der Waals surface area (Å²) >= 11 is 0. The average Bonchev–Trinajstić information content (AvgIpc) is 2.52. The first-order valence-corrected chi connectivity index (χ1v) is 8.88. The summed E-state index contributed by atoms with van der Waals surface area (Å²) in [6, 6.07) is 10.7. The van der Waals surface area contributed by atoms with Gasteiger partial charge < -0.3 is 10.1 Å². The molecular formula is C20H33NO. The fraction of sp³-hybridized carbons (Fsp3) is 0.700. The highest BCUT2D eigenvalue weighted by atomic mass is 16.5. The lowest BCUT2D eigenvalue weighted by Crippen LogP contribution is -2.46. The van der Waals surface area contributed by atoms with Crippen molar-refractivity contribution in [2.24, 2.45) is 11.3 Å². The maximum atomic E-state index is 6.08. The van der Waals surface area contributed by atoms with Gasteiger partial charge in [-0.15, -0.1) is 0 Å². The second-order valence-corrected chi connectivity index (χ2v) is 7.51. The van der Waals surface area contributed by atoms with Crippen LogP contribution in [0.1, 0.15) is 58.9 Å². The summed E-state index contributed by atoms with van der Waals surface area (Å²) in [7, 11) is 0. The predicted molar refractivity (Wildman–Crippen MR) is 93.9 cm³/mol. The van der Waals surface area contributed by atoms with E-state index < -0.39 is 0 Å². The summed E-state index contributed by atoms with van der Waals surface area (Å²) in [5.74, 6) is 0.709. The van der Waals surface area contributed by atoms with Crippen LogP contribution < -0.4 is 5.32 Å². The van der Waals surface area contributed by atoms with E-state index in [1.807, 2.05) is 0 Å². The van der Waals surface area contributed by atoms with Crippen LogP contribution in [-0.4, -0.2) is 18.8 Å². The molecule has 0 amide bonds. The number of ether oxygens (including phenoxy) is 1. The van der Waals surface area contributed by atoms with Crippen molar-refractivity contribution in [3.05, 3.63) is 35.9 Å². The first-order chi connectivity index (χ1) is 10.5. The van der Waals surface area contributed by atoms with Gasteiger partial charge in [-0.05, 0) is 56.0 Å². The quantitative estimate of drug-likeness (QED) is 0.731. The van der Waals surface area contributed by atoms with Crippen molar-refractivity contribution in [1.29, 1.82) is 0 Å². The fourth-order valence-corrected chi connectivity index (χ4v) is 3.77. The zero-order valence-electron chi connectivity index (χ0n) is 14.8. The lowest BCUT2D eigenvalue weighted by atomic mass is 9.64. The zero-order chi connectivity index (χ0) is 16.1. The normalized spacial score (nSPS) is 29.0. The third-order valence-electron chi connectivity index (χ3n) is 5.72. The third kappa shape index (κ3) is 4.33. The highest BCUT2D eigenvalue weighted by Gasteiger charge is 2.43. The van der Waals surface area contributed by atoms with Gasteiger partial charge in [-0.3, -0.25) is 0 Å². The molecule has 1 saturated heterocycles. The van der Waals surface area contributed by atoms with E-state index in [0.717, 1.165) is 26.1 Å². The largest absolute Gasteiger partial charge is 0.375 e. The summed E-state index contributed by atoms with van der Waals surface area (Å²) in [5, 5.41) is 3.63. The molecule has 2 nitrogen and oxygen atoms in total. The molecule has 1 heterocycles. The van der Waals surface area contributed by atoms with Crippen molar-refractivity contribution in [3.63, 3.8) is 0 Å². The lowest BCUT2D eigenvalue weighted by Gasteiger charge is -2.49. The minimum absolute atomic E-state index is 0.0714. The fourth-order valence-electron chi connectivity index (χ4n) is 3.77. The second-order valence-electron chi connectivity index (χ2n) is 7.51. The summed E-state index contributed by atoms with van der Waals surface area (Å²) in [6.07, 6.45) is 4.75. The number of hydrogen-bond donors (Lipinski definition) is 1. The molecule has 0 saturated carbocycles. The molecule has 1 aromatic carbocycles.